The fourth-order valence-electron chi connectivity index (χ4n) is 3.03. The second-order valence-electron chi connectivity index (χ2n) is 6.54. The number of nitrogens with zero attached hydrogens (tertiary/aromatic N) is 4. The van der Waals surface area contributed by atoms with Crippen LogP contribution in [0.25, 0.3) is 11.4 Å². The molecule has 0 spiro atoms. The number of carbonyl (C=O) groups is 1. The molecule has 1 aromatic heterocycles. The van der Waals surface area contributed by atoms with Gasteiger partial charge in [0.05, 0.1) is 5.56 Å². The maximum atomic E-state index is 12.9. The number of carbonyl (C=O) groups excluding carboxylic acids is 1. The molecule has 158 valence electrons. The molecule has 0 saturated heterocycles. The Kier molecular flexibility index (Phi) is 6.40. The number of amides is 1. The third-order valence-corrected chi connectivity index (χ3v) is 4.88. The zero-order valence-electron chi connectivity index (χ0n) is 16.3. The van der Waals surface area contributed by atoms with Crippen LogP contribution in [0, 0.1) is 0 Å². The smallest absolute Gasteiger partial charge is 0.324 e. The summed E-state index contributed by atoms with van der Waals surface area (Å²) in [6.07, 6.45) is -3.12. The Hall–Kier alpha value is -2.94. The summed E-state index contributed by atoms with van der Waals surface area (Å²) in [6, 6.07) is 8.27. The van der Waals surface area contributed by atoms with Gasteiger partial charge in [-0.15, -0.1) is 10.2 Å². The van der Waals surface area contributed by atoms with Crippen LogP contribution >= 0.6 is 11.6 Å². The quantitative estimate of drug-likeness (QED) is 0.602. The van der Waals surface area contributed by atoms with Crippen LogP contribution in [0.4, 0.5) is 18.9 Å². The van der Waals surface area contributed by atoms with Crippen LogP contribution in [0.2, 0.25) is 5.02 Å². The molecule has 1 N–H and O–H groups in total. The van der Waals surface area contributed by atoms with E-state index in [1.54, 1.807) is 6.07 Å². The van der Waals surface area contributed by atoms with Crippen LogP contribution in [0.15, 0.2) is 36.4 Å². The molecular weight excluding hydrogens is 419 g/mol. The van der Waals surface area contributed by atoms with Gasteiger partial charge in [-0.1, -0.05) is 43.6 Å². The highest BCUT2D eigenvalue weighted by molar-refractivity contribution is 6.32. The van der Waals surface area contributed by atoms with E-state index in [4.69, 9.17) is 11.6 Å². The fraction of sp³-hybridized carbons (Fsp3) is 0.300. The van der Waals surface area contributed by atoms with E-state index in [2.05, 4.69) is 20.7 Å². The summed E-state index contributed by atoms with van der Waals surface area (Å²) >= 11 is 6.25. The lowest BCUT2D eigenvalue weighted by molar-refractivity contribution is -0.137. The van der Waals surface area contributed by atoms with Gasteiger partial charge >= 0.3 is 6.18 Å². The number of benzene rings is 2. The van der Waals surface area contributed by atoms with E-state index in [0.29, 0.717) is 23.6 Å². The molecule has 1 heterocycles. The largest absolute Gasteiger partial charge is 0.416 e. The number of aromatic nitrogens is 4. The minimum atomic E-state index is -4.48. The number of alkyl halides is 3. The number of hydrogen-bond donors (Lipinski definition) is 1. The highest BCUT2D eigenvalue weighted by atomic mass is 35.5. The van der Waals surface area contributed by atoms with Crippen LogP contribution < -0.4 is 5.32 Å². The van der Waals surface area contributed by atoms with Gasteiger partial charge in [-0.05, 0) is 47.4 Å². The SMILES string of the molecule is CCc1ccc(Cl)c(CC)c1NC(=O)Cn1nnc(-c2cccc(C(F)(F)F)c2)n1. The van der Waals surface area contributed by atoms with E-state index in [-0.39, 0.29) is 17.9 Å². The number of nitrogens with one attached hydrogen (secondary N) is 1. The maximum Gasteiger partial charge on any atom is 0.416 e. The van der Waals surface area contributed by atoms with Crippen molar-refractivity contribution in [2.45, 2.75) is 39.4 Å². The van der Waals surface area contributed by atoms with Gasteiger partial charge in [0.2, 0.25) is 11.7 Å². The second-order valence-corrected chi connectivity index (χ2v) is 6.94. The lowest BCUT2D eigenvalue weighted by atomic mass is 10.0. The summed E-state index contributed by atoms with van der Waals surface area (Å²) < 4.78 is 38.7. The number of rotatable bonds is 6. The van der Waals surface area contributed by atoms with E-state index < -0.39 is 17.6 Å². The van der Waals surface area contributed by atoms with Crippen molar-refractivity contribution in [3.63, 3.8) is 0 Å². The van der Waals surface area contributed by atoms with Gasteiger partial charge < -0.3 is 5.32 Å². The molecule has 30 heavy (non-hydrogen) atoms. The van der Waals surface area contributed by atoms with Crippen molar-refractivity contribution >= 4 is 23.2 Å². The molecule has 0 aliphatic heterocycles. The molecule has 0 aliphatic carbocycles. The summed E-state index contributed by atoms with van der Waals surface area (Å²) in [4.78, 5) is 13.6. The zero-order valence-corrected chi connectivity index (χ0v) is 17.1. The summed E-state index contributed by atoms with van der Waals surface area (Å²) in [5.41, 5.74) is 1.79. The molecule has 10 heteroatoms. The lowest BCUT2D eigenvalue weighted by Gasteiger charge is -2.15. The highest BCUT2D eigenvalue weighted by Gasteiger charge is 2.30. The van der Waals surface area contributed by atoms with Crippen molar-refractivity contribution in [2.24, 2.45) is 0 Å². The van der Waals surface area contributed by atoms with Gasteiger partial charge in [0.1, 0.15) is 6.54 Å². The average molecular weight is 438 g/mol. The molecule has 0 aliphatic rings. The minimum Gasteiger partial charge on any atom is -0.324 e. The summed E-state index contributed by atoms with van der Waals surface area (Å²) in [5, 5.41) is 15.0. The molecule has 2 aromatic carbocycles. The minimum absolute atomic E-state index is 0.000139. The predicted octanol–water partition coefficient (Wildman–Crippen LogP) is 4.78. The van der Waals surface area contributed by atoms with Gasteiger partial charge in [0, 0.05) is 16.3 Å². The molecule has 0 saturated carbocycles. The van der Waals surface area contributed by atoms with Crippen molar-refractivity contribution in [1.82, 2.24) is 20.2 Å². The van der Waals surface area contributed by atoms with E-state index in [1.165, 1.54) is 12.1 Å². The van der Waals surface area contributed by atoms with E-state index in [9.17, 15) is 18.0 Å². The number of halogens is 4. The van der Waals surface area contributed by atoms with Gasteiger partial charge in [-0.25, -0.2) is 0 Å². The number of aryl methyl sites for hydroxylation is 1. The Labute approximate surface area is 176 Å². The second kappa shape index (κ2) is 8.83. The number of hydrogen-bond acceptors (Lipinski definition) is 4. The molecule has 0 bridgehead atoms. The van der Waals surface area contributed by atoms with Crippen LogP contribution in [-0.4, -0.2) is 26.1 Å². The van der Waals surface area contributed by atoms with Gasteiger partial charge in [-0.3, -0.25) is 4.79 Å². The number of tetrazole rings is 1. The molecule has 0 radical (unpaired) electrons. The molecule has 6 nitrogen and oxygen atoms in total. The third kappa shape index (κ3) is 4.79. The van der Waals surface area contributed by atoms with E-state index in [1.807, 2.05) is 19.9 Å². The van der Waals surface area contributed by atoms with Gasteiger partial charge in [0.15, 0.2) is 0 Å². The summed E-state index contributed by atoms with van der Waals surface area (Å²) in [7, 11) is 0. The van der Waals surface area contributed by atoms with Crippen LogP contribution in [0.3, 0.4) is 0 Å². The first-order valence-electron chi connectivity index (χ1n) is 9.28. The molecular formula is C20H19ClF3N5O. The first kappa shape index (κ1) is 21.8. The Morgan fingerprint density at radius 2 is 1.93 bits per heavy atom. The van der Waals surface area contributed by atoms with Gasteiger partial charge in [0.25, 0.3) is 0 Å². The van der Waals surface area contributed by atoms with Crippen LogP contribution in [-0.2, 0) is 30.4 Å². The first-order chi connectivity index (χ1) is 14.2. The average Bonchev–Trinajstić information content (AvgIpc) is 3.16. The van der Waals surface area contributed by atoms with E-state index in [0.717, 1.165) is 28.1 Å². The standard InChI is InChI=1S/C20H19ClF3N5O/c1-3-12-8-9-16(21)15(4-2)18(12)25-17(30)11-29-27-19(26-28-29)13-6-5-7-14(10-13)20(22,23)24/h5-10H,3-4,11H2,1-2H3,(H,25,30). The normalized spacial score (nSPS) is 11.5. The molecule has 0 unspecified atom stereocenters. The van der Waals surface area contributed by atoms with E-state index >= 15 is 0 Å². The topological polar surface area (TPSA) is 72.7 Å². The summed E-state index contributed by atoms with van der Waals surface area (Å²) in [5.74, 6) is -0.394. The molecule has 1 amide bonds. The van der Waals surface area contributed by atoms with Crippen LogP contribution in [0.5, 0.6) is 0 Å². The predicted molar refractivity (Wildman–Crippen MR) is 107 cm³/mol. The molecule has 3 rings (SSSR count). The maximum absolute atomic E-state index is 12.9. The third-order valence-electron chi connectivity index (χ3n) is 4.53. The van der Waals surface area contributed by atoms with Crippen LogP contribution in [0.1, 0.15) is 30.5 Å². The Morgan fingerprint density at radius 1 is 1.17 bits per heavy atom. The number of anilines is 1. The fourth-order valence-corrected chi connectivity index (χ4v) is 3.33. The first-order valence-corrected chi connectivity index (χ1v) is 9.66. The van der Waals surface area contributed by atoms with Crippen molar-refractivity contribution in [1.29, 1.82) is 0 Å². The highest BCUT2D eigenvalue weighted by Crippen LogP contribution is 2.31. The Bertz CT molecular complexity index is 1060. The molecule has 3 aromatic rings. The van der Waals surface area contributed by atoms with Gasteiger partial charge in [-0.2, -0.15) is 18.0 Å². The van der Waals surface area contributed by atoms with Crippen molar-refractivity contribution in [3.05, 3.63) is 58.1 Å². The molecule has 0 atom stereocenters. The molecule has 0 fully saturated rings. The zero-order chi connectivity index (χ0) is 21.9. The summed E-state index contributed by atoms with van der Waals surface area (Å²) in [6.45, 7) is 3.67. The monoisotopic (exact) mass is 437 g/mol. The lowest BCUT2D eigenvalue weighted by Crippen LogP contribution is -2.22. The Balaban J connectivity index is 1.78. The van der Waals surface area contributed by atoms with Crippen molar-refractivity contribution in [3.8, 4) is 11.4 Å². The van der Waals surface area contributed by atoms with Crippen molar-refractivity contribution < 1.29 is 18.0 Å². The Morgan fingerprint density at radius 3 is 2.60 bits per heavy atom. The van der Waals surface area contributed by atoms with Crippen molar-refractivity contribution in [2.75, 3.05) is 5.32 Å².